The zero-order chi connectivity index (χ0) is 9.68. The van der Waals surface area contributed by atoms with Gasteiger partial charge in [0.25, 0.3) is 0 Å². The van der Waals surface area contributed by atoms with Gasteiger partial charge in [-0.3, -0.25) is 0 Å². The first-order chi connectivity index (χ1) is 6.27. The van der Waals surface area contributed by atoms with E-state index in [0.717, 1.165) is 13.0 Å². The normalized spacial score (nSPS) is 13.2. The second-order valence-electron chi connectivity index (χ2n) is 3.06. The van der Waals surface area contributed by atoms with Gasteiger partial charge in [0.2, 0.25) is 0 Å². The molecule has 1 atom stereocenters. The van der Waals surface area contributed by atoms with E-state index in [-0.39, 0.29) is 0 Å². The van der Waals surface area contributed by atoms with Gasteiger partial charge in [-0.2, -0.15) is 0 Å². The predicted octanol–water partition coefficient (Wildman–Crippen LogP) is 3.44. The quantitative estimate of drug-likeness (QED) is 0.857. The van der Waals surface area contributed by atoms with Crippen molar-refractivity contribution < 1.29 is 0 Å². The van der Waals surface area contributed by atoms with Crippen molar-refractivity contribution in [1.29, 1.82) is 0 Å². The van der Waals surface area contributed by atoms with E-state index < -0.39 is 0 Å². The number of likely N-dealkylation sites (N-methyl/N-ethyl adjacent to an activating group) is 1. The van der Waals surface area contributed by atoms with E-state index >= 15 is 0 Å². The van der Waals surface area contributed by atoms with Crippen molar-refractivity contribution >= 4 is 27.3 Å². The van der Waals surface area contributed by atoms with E-state index in [1.54, 1.807) is 0 Å². The molecule has 0 amide bonds. The van der Waals surface area contributed by atoms with Crippen LogP contribution in [0.15, 0.2) is 15.9 Å². The molecule has 1 heterocycles. The van der Waals surface area contributed by atoms with Gasteiger partial charge in [0.1, 0.15) is 0 Å². The highest BCUT2D eigenvalue weighted by Gasteiger charge is 2.08. The molecule has 0 saturated carbocycles. The molecular formula is C10H16BrNS. The summed E-state index contributed by atoms with van der Waals surface area (Å²) in [7, 11) is 0. The fraction of sp³-hybridized carbons (Fsp3) is 0.600. The molecule has 0 aliphatic carbocycles. The molecule has 0 spiro atoms. The Bertz CT molecular complexity index is 247. The van der Waals surface area contributed by atoms with Crippen LogP contribution in [0.2, 0.25) is 0 Å². The van der Waals surface area contributed by atoms with Crippen LogP contribution in [0.1, 0.15) is 25.1 Å². The molecule has 0 bridgehead atoms. The summed E-state index contributed by atoms with van der Waals surface area (Å²) in [6.45, 7) is 5.45. The Morgan fingerprint density at radius 3 is 2.77 bits per heavy atom. The van der Waals surface area contributed by atoms with Crippen molar-refractivity contribution in [2.45, 2.75) is 32.7 Å². The lowest BCUT2D eigenvalue weighted by Crippen LogP contribution is -2.29. The van der Waals surface area contributed by atoms with Gasteiger partial charge in [0.15, 0.2) is 0 Å². The minimum atomic E-state index is 0.625. The van der Waals surface area contributed by atoms with Crippen LogP contribution in [-0.2, 0) is 6.42 Å². The molecule has 1 nitrogen and oxygen atoms in total. The third-order valence-electron chi connectivity index (χ3n) is 2.11. The van der Waals surface area contributed by atoms with E-state index in [1.165, 1.54) is 15.8 Å². The number of hydrogen-bond donors (Lipinski definition) is 1. The van der Waals surface area contributed by atoms with Gasteiger partial charge in [-0.1, -0.05) is 13.8 Å². The third kappa shape index (κ3) is 3.41. The smallest absolute Gasteiger partial charge is 0.0314 e. The van der Waals surface area contributed by atoms with Crippen LogP contribution in [0.5, 0.6) is 0 Å². The highest BCUT2D eigenvalue weighted by Crippen LogP contribution is 2.24. The lowest BCUT2D eigenvalue weighted by Gasteiger charge is -2.14. The fourth-order valence-corrected chi connectivity index (χ4v) is 2.94. The summed E-state index contributed by atoms with van der Waals surface area (Å²) in [6.07, 6.45) is 2.33. The maximum absolute atomic E-state index is 3.56. The molecule has 0 aromatic carbocycles. The minimum absolute atomic E-state index is 0.625. The van der Waals surface area contributed by atoms with Crippen LogP contribution >= 0.6 is 27.3 Å². The highest BCUT2D eigenvalue weighted by atomic mass is 79.9. The molecule has 1 N–H and O–H groups in total. The maximum Gasteiger partial charge on any atom is 0.0314 e. The van der Waals surface area contributed by atoms with Gasteiger partial charge in [-0.25, -0.2) is 0 Å². The van der Waals surface area contributed by atoms with E-state index in [1.807, 2.05) is 11.3 Å². The largest absolute Gasteiger partial charge is 0.314 e. The first-order valence-corrected chi connectivity index (χ1v) is 6.40. The van der Waals surface area contributed by atoms with Crippen LogP contribution in [0.3, 0.4) is 0 Å². The molecular weight excluding hydrogens is 246 g/mol. The van der Waals surface area contributed by atoms with Crippen LogP contribution in [0, 0.1) is 0 Å². The van der Waals surface area contributed by atoms with Gasteiger partial charge >= 0.3 is 0 Å². The molecule has 0 saturated heterocycles. The van der Waals surface area contributed by atoms with E-state index in [9.17, 15) is 0 Å². The van der Waals surface area contributed by atoms with Crippen LogP contribution in [0.25, 0.3) is 0 Å². The maximum atomic E-state index is 3.56. The molecule has 1 unspecified atom stereocenters. The number of hydrogen-bond acceptors (Lipinski definition) is 2. The predicted molar refractivity (Wildman–Crippen MR) is 63.5 cm³/mol. The van der Waals surface area contributed by atoms with Crippen molar-refractivity contribution in [2.24, 2.45) is 0 Å². The summed E-state index contributed by atoms with van der Waals surface area (Å²) in [6, 6.07) is 2.75. The standard InChI is InChI=1S/C10H16BrNS/c1-3-8(12-4-2)7-10-9(11)5-6-13-10/h5-6,8,12H,3-4,7H2,1-2H3. The van der Waals surface area contributed by atoms with Crippen LogP contribution in [0.4, 0.5) is 0 Å². The van der Waals surface area contributed by atoms with Gasteiger partial charge in [0, 0.05) is 15.4 Å². The van der Waals surface area contributed by atoms with Crippen molar-refractivity contribution in [1.82, 2.24) is 5.32 Å². The van der Waals surface area contributed by atoms with E-state index in [0.29, 0.717) is 6.04 Å². The van der Waals surface area contributed by atoms with Crippen LogP contribution in [-0.4, -0.2) is 12.6 Å². The average molecular weight is 262 g/mol. The molecule has 0 radical (unpaired) electrons. The summed E-state index contributed by atoms with van der Waals surface area (Å²) < 4.78 is 1.26. The lowest BCUT2D eigenvalue weighted by molar-refractivity contribution is 0.512. The van der Waals surface area contributed by atoms with Crippen molar-refractivity contribution in [2.75, 3.05) is 6.54 Å². The zero-order valence-electron chi connectivity index (χ0n) is 8.14. The summed E-state index contributed by atoms with van der Waals surface area (Å²) in [5.41, 5.74) is 0. The van der Waals surface area contributed by atoms with Gasteiger partial charge in [-0.05, 0) is 46.8 Å². The number of thiophene rings is 1. The Balaban J connectivity index is 2.51. The lowest BCUT2D eigenvalue weighted by atomic mass is 10.1. The number of rotatable bonds is 5. The Labute approximate surface area is 92.7 Å². The topological polar surface area (TPSA) is 12.0 Å². The summed E-state index contributed by atoms with van der Waals surface area (Å²) in [4.78, 5) is 1.45. The molecule has 0 aliphatic heterocycles. The van der Waals surface area contributed by atoms with Gasteiger partial charge < -0.3 is 5.32 Å². The van der Waals surface area contributed by atoms with E-state index in [2.05, 4.69) is 46.5 Å². The molecule has 1 rings (SSSR count). The first kappa shape index (κ1) is 11.2. The monoisotopic (exact) mass is 261 g/mol. The Hall–Kier alpha value is 0.140. The Morgan fingerprint density at radius 2 is 2.31 bits per heavy atom. The summed E-state index contributed by atoms with van der Waals surface area (Å²) in [5, 5.41) is 5.62. The number of halogens is 1. The second-order valence-corrected chi connectivity index (χ2v) is 4.91. The molecule has 3 heteroatoms. The van der Waals surface area contributed by atoms with Gasteiger partial charge in [0.05, 0.1) is 0 Å². The van der Waals surface area contributed by atoms with E-state index in [4.69, 9.17) is 0 Å². The molecule has 74 valence electrons. The average Bonchev–Trinajstić information content (AvgIpc) is 2.51. The third-order valence-corrected chi connectivity index (χ3v) is 4.06. The molecule has 13 heavy (non-hydrogen) atoms. The summed E-state index contributed by atoms with van der Waals surface area (Å²) >= 11 is 5.39. The minimum Gasteiger partial charge on any atom is -0.314 e. The highest BCUT2D eigenvalue weighted by molar-refractivity contribution is 9.10. The van der Waals surface area contributed by atoms with Crippen molar-refractivity contribution in [3.63, 3.8) is 0 Å². The SMILES string of the molecule is CCNC(CC)Cc1sccc1Br. The molecule has 1 aromatic heterocycles. The van der Waals surface area contributed by atoms with Crippen molar-refractivity contribution in [3.8, 4) is 0 Å². The fourth-order valence-electron chi connectivity index (χ4n) is 1.34. The summed E-state index contributed by atoms with van der Waals surface area (Å²) in [5.74, 6) is 0. The van der Waals surface area contributed by atoms with Crippen LogP contribution < -0.4 is 5.32 Å². The number of nitrogens with one attached hydrogen (secondary N) is 1. The van der Waals surface area contributed by atoms with Gasteiger partial charge in [-0.15, -0.1) is 11.3 Å². The Kier molecular flexibility index (Phi) is 4.99. The second kappa shape index (κ2) is 5.78. The zero-order valence-corrected chi connectivity index (χ0v) is 10.5. The first-order valence-electron chi connectivity index (χ1n) is 4.73. The molecule has 1 aromatic rings. The molecule has 0 aliphatic rings. The Morgan fingerprint density at radius 1 is 1.54 bits per heavy atom. The van der Waals surface area contributed by atoms with Crippen molar-refractivity contribution in [3.05, 3.63) is 20.8 Å². The molecule has 0 fully saturated rings.